The second-order valence-electron chi connectivity index (χ2n) is 4.61. The lowest BCUT2D eigenvalue weighted by Crippen LogP contribution is -2.32. The Bertz CT molecular complexity index is 598. The van der Waals surface area contributed by atoms with E-state index < -0.39 is 0 Å². The Morgan fingerprint density at radius 2 is 2.25 bits per heavy atom. The number of hydrogen-bond donors (Lipinski definition) is 2. The molecule has 5 nitrogen and oxygen atoms in total. The minimum atomic E-state index is 0.424. The Morgan fingerprint density at radius 3 is 2.95 bits per heavy atom. The van der Waals surface area contributed by atoms with Crippen LogP contribution in [-0.2, 0) is 6.54 Å². The highest BCUT2D eigenvalue weighted by Gasteiger charge is 2.03. The molecule has 0 fully saturated rings. The normalized spacial score (nSPS) is 11.3. The van der Waals surface area contributed by atoms with E-state index >= 15 is 0 Å². The van der Waals surface area contributed by atoms with Crippen molar-refractivity contribution < 1.29 is 0 Å². The van der Waals surface area contributed by atoms with Gasteiger partial charge >= 0.3 is 0 Å². The highest BCUT2D eigenvalue weighted by atomic mass is 15.1. The quantitative estimate of drug-likeness (QED) is 0.494. The molecule has 0 saturated heterocycles. The average Bonchev–Trinajstić information content (AvgIpc) is 2.97. The van der Waals surface area contributed by atoms with Gasteiger partial charge in [0.15, 0.2) is 5.96 Å². The second kappa shape index (κ2) is 6.56. The van der Waals surface area contributed by atoms with E-state index in [-0.39, 0.29) is 0 Å². The first-order chi connectivity index (χ1) is 9.66. The van der Waals surface area contributed by atoms with Crippen molar-refractivity contribution in [3.63, 3.8) is 0 Å². The number of nitrogens with zero attached hydrogens (tertiary/aromatic N) is 3. The van der Waals surface area contributed by atoms with E-state index in [1.807, 2.05) is 42.0 Å². The Labute approximate surface area is 118 Å². The molecule has 2 aromatic rings. The predicted molar refractivity (Wildman–Crippen MR) is 81.7 cm³/mol. The average molecular weight is 269 g/mol. The summed E-state index contributed by atoms with van der Waals surface area (Å²) in [6.07, 6.45) is 5.43. The Kier molecular flexibility index (Phi) is 4.55. The van der Waals surface area contributed by atoms with E-state index in [9.17, 15) is 0 Å². The van der Waals surface area contributed by atoms with Crippen molar-refractivity contribution in [3.8, 4) is 5.69 Å². The van der Waals surface area contributed by atoms with Crippen molar-refractivity contribution in [2.75, 3.05) is 6.54 Å². The maximum Gasteiger partial charge on any atom is 0.189 e. The summed E-state index contributed by atoms with van der Waals surface area (Å²) in [6.45, 7) is 6.90. The fraction of sp³-hybridized carbons (Fsp3) is 0.200. The summed E-state index contributed by atoms with van der Waals surface area (Å²) in [5, 5.41) is 3.02. The number of aliphatic imine (C=N–C) groups is 1. The summed E-state index contributed by atoms with van der Waals surface area (Å²) in [6, 6.07) is 8.04. The second-order valence-corrected chi connectivity index (χ2v) is 4.61. The monoisotopic (exact) mass is 269 g/mol. The minimum Gasteiger partial charge on any atom is -0.370 e. The summed E-state index contributed by atoms with van der Waals surface area (Å²) in [5.74, 6) is 0.424. The van der Waals surface area contributed by atoms with Crippen molar-refractivity contribution in [2.45, 2.75) is 13.5 Å². The smallest absolute Gasteiger partial charge is 0.189 e. The predicted octanol–water partition coefficient (Wildman–Crippen LogP) is 1.85. The van der Waals surface area contributed by atoms with E-state index in [0.29, 0.717) is 19.0 Å². The van der Waals surface area contributed by atoms with Gasteiger partial charge in [-0.15, -0.1) is 0 Å². The molecule has 0 saturated carbocycles. The number of aromatic nitrogens is 2. The molecule has 0 atom stereocenters. The molecule has 1 heterocycles. The van der Waals surface area contributed by atoms with Crippen LogP contribution in [0.25, 0.3) is 5.69 Å². The van der Waals surface area contributed by atoms with Gasteiger partial charge in [0.05, 0.1) is 18.6 Å². The standard InChI is InChI=1S/C15H19N5/c1-12(2)9-18-15(16)19-10-13-5-3-4-6-14(13)20-8-7-17-11-20/h3-8,11H,1,9-10H2,2H3,(H3,16,18,19). The zero-order valence-corrected chi connectivity index (χ0v) is 11.6. The summed E-state index contributed by atoms with van der Waals surface area (Å²) in [7, 11) is 0. The third-order valence-electron chi connectivity index (χ3n) is 2.77. The van der Waals surface area contributed by atoms with Crippen LogP contribution in [0, 0.1) is 0 Å². The number of benzene rings is 1. The van der Waals surface area contributed by atoms with E-state index in [2.05, 4.69) is 21.9 Å². The number of para-hydroxylation sites is 1. The molecular weight excluding hydrogens is 250 g/mol. The molecule has 1 aromatic carbocycles. The molecule has 0 spiro atoms. The molecule has 0 unspecified atom stereocenters. The number of nitrogens with two attached hydrogens (primary N) is 1. The zero-order valence-electron chi connectivity index (χ0n) is 11.6. The van der Waals surface area contributed by atoms with Crippen LogP contribution in [0.3, 0.4) is 0 Å². The number of hydrogen-bond acceptors (Lipinski definition) is 2. The third kappa shape index (κ3) is 3.71. The first kappa shape index (κ1) is 13.9. The highest BCUT2D eigenvalue weighted by molar-refractivity contribution is 5.78. The fourth-order valence-electron chi connectivity index (χ4n) is 1.77. The fourth-order valence-corrected chi connectivity index (χ4v) is 1.77. The van der Waals surface area contributed by atoms with Crippen molar-refractivity contribution >= 4 is 5.96 Å². The highest BCUT2D eigenvalue weighted by Crippen LogP contribution is 2.14. The van der Waals surface area contributed by atoms with Gasteiger partial charge in [0.2, 0.25) is 0 Å². The Hall–Kier alpha value is -2.56. The number of nitrogens with one attached hydrogen (secondary N) is 1. The summed E-state index contributed by atoms with van der Waals surface area (Å²) < 4.78 is 1.96. The van der Waals surface area contributed by atoms with Gasteiger partial charge in [0.25, 0.3) is 0 Å². The molecule has 104 valence electrons. The number of rotatable bonds is 5. The third-order valence-corrected chi connectivity index (χ3v) is 2.77. The SMILES string of the molecule is C=C(C)CNC(N)=NCc1ccccc1-n1ccnc1. The van der Waals surface area contributed by atoms with Crippen molar-refractivity contribution in [2.24, 2.45) is 10.7 Å². The molecule has 0 amide bonds. The first-order valence-electron chi connectivity index (χ1n) is 6.41. The molecule has 5 heteroatoms. The van der Waals surface area contributed by atoms with Gasteiger partial charge in [-0.2, -0.15) is 0 Å². The molecule has 0 aliphatic carbocycles. The summed E-state index contributed by atoms with van der Waals surface area (Å²) in [5.41, 5.74) is 8.98. The van der Waals surface area contributed by atoms with E-state index in [0.717, 1.165) is 16.8 Å². The summed E-state index contributed by atoms with van der Waals surface area (Å²) >= 11 is 0. The molecule has 0 aliphatic rings. The lowest BCUT2D eigenvalue weighted by Gasteiger charge is -2.09. The van der Waals surface area contributed by atoms with Gasteiger partial charge in [-0.25, -0.2) is 9.98 Å². The van der Waals surface area contributed by atoms with Crippen LogP contribution < -0.4 is 11.1 Å². The molecule has 3 N–H and O–H groups in total. The maximum absolute atomic E-state index is 5.82. The van der Waals surface area contributed by atoms with Gasteiger partial charge in [0.1, 0.15) is 0 Å². The van der Waals surface area contributed by atoms with Crippen molar-refractivity contribution in [1.29, 1.82) is 0 Å². The van der Waals surface area contributed by atoms with Crippen molar-refractivity contribution in [1.82, 2.24) is 14.9 Å². The molecule has 20 heavy (non-hydrogen) atoms. The molecule has 0 radical (unpaired) electrons. The largest absolute Gasteiger partial charge is 0.370 e. The Morgan fingerprint density at radius 1 is 1.45 bits per heavy atom. The molecule has 2 rings (SSSR count). The van der Waals surface area contributed by atoms with E-state index in [1.165, 1.54) is 0 Å². The van der Waals surface area contributed by atoms with Crippen LogP contribution in [-0.4, -0.2) is 22.1 Å². The topological polar surface area (TPSA) is 68.2 Å². The van der Waals surface area contributed by atoms with Crippen LogP contribution >= 0.6 is 0 Å². The van der Waals surface area contributed by atoms with Crippen molar-refractivity contribution in [3.05, 3.63) is 60.7 Å². The summed E-state index contributed by atoms with van der Waals surface area (Å²) in [4.78, 5) is 8.41. The van der Waals surface area contributed by atoms with Gasteiger partial charge in [-0.3, -0.25) is 0 Å². The van der Waals surface area contributed by atoms with Crippen LogP contribution in [0.5, 0.6) is 0 Å². The lowest BCUT2D eigenvalue weighted by atomic mass is 10.2. The van der Waals surface area contributed by atoms with E-state index in [4.69, 9.17) is 5.73 Å². The van der Waals surface area contributed by atoms with Gasteiger partial charge < -0.3 is 15.6 Å². The molecular formula is C15H19N5. The Balaban J connectivity index is 2.10. The number of imidazole rings is 1. The molecule has 1 aromatic heterocycles. The zero-order chi connectivity index (χ0) is 14.4. The first-order valence-corrected chi connectivity index (χ1v) is 6.41. The van der Waals surface area contributed by atoms with Gasteiger partial charge in [-0.05, 0) is 18.6 Å². The van der Waals surface area contributed by atoms with Gasteiger partial charge in [0, 0.05) is 18.9 Å². The molecule has 0 aliphatic heterocycles. The van der Waals surface area contributed by atoms with Crippen LogP contribution in [0.2, 0.25) is 0 Å². The molecule has 0 bridgehead atoms. The van der Waals surface area contributed by atoms with Crippen LogP contribution in [0.15, 0.2) is 60.1 Å². The van der Waals surface area contributed by atoms with Crippen LogP contribution in [0.4, 0.5) is 0 Å². The maximum atomic E-state index is 5.82. The number of guanidine groups is 1. The van der Waals surface area contributed by atoms with Gasteiger partial charge in [-0.1, -0.05) is 30.4 Å². The minimum absolute atomic E-state index is 0.424. The van der Waals surface area contributed by atoms with E-state index in [1.54, 1.807) is 12.5 Å². The lowest BCUT2D eigenvalue weighted by molar-refractivity contribution is 0.928. The van der Waals surface area contributed by atoms with Crippen LogP contribution in [0.1, 0.15) is 12.5 Å².